The van der Waals surface area contributed by atoms with Crippen LogP contribution in [-0.2, 0) is 9.53 Å². The number of phenolic OH excluding ortho intramolecular Hbond substituents is 2. The maximum atomic E-state index is 12.3. The van der Waals surface area contributed by atoms with Crippen molar-refractivity contribution in [3.8, 4) is 51.4 Å². The van der Waals surface area contributed by atoms with E-state index in [1.54, 1.807) is 0 Å². The Bertz CT molecular complexity index is 1380. The molecule has 0 saturated heterocycles. The summed E-state index contributed by atoms with van der Waals surface area (Å²) in [5.74, 6) is 0.332. The van der Waals surface area contributed by atoms with Gasteiger partial charge in [0.1, 0.15) is 36.0 Å². The number of aromatic nitrogens is 3. The number of esters is 1. The molecule has 8 heteroatoms. The Morgan fingerprint density at radius 2 is 1.29 bits per heavy atom. The van der Waals surface area contributed by atoms with Gasteiger partial charge in [-0.3, -0.25) is 4.79 Å². The first-order chi connectivity index (χ1) is 19.8. The van der Waals surface area contributed by atoms with Crippen molar-refractivity contribution in [3.05, 3.63) is 71.8 Å². The van der Waals surface area contributed by atoms with E-state index in [0.717, 1.165) is 47.9 Å². The van der Waals surface area contributed by atoms with Crippen molar-refractivity contribution >= 4 is 5.97 Å². The second kappa shape index (κ2) is 13.7. The van der Waals surface area contributed by atoms with Gasteiger partial charge in [-0.05, 0) is 26.7 Å². The number of carbonyl (C=O) groups is 1. The standard InChI is InChI=1S/C33H37N3O5/c1-5-7-8-23(6-2)33(39)41-18-17-40-26-19-27(37)29(28(38)20-26)32-35-30(24-13-9-21(3)10-14-24)34-31(36-32)25-15-11-22(4)12-16-25/h9-16,19-20,23,37-38H,5-8,17-18H2,1-4H3. The van der Waals surface area contributed by atoms with Crippen LogP contribution < -0.4 is 4.74 Å². The third-order valence-electron chi connectivity index (χ3n) is 6.88. The van der Waals surface area contributed by atoms with E-state index in [1.165, 1.54) is 12.1 Å². The molecule has 0 aliphatic heterocycles. The van der Waals surface area contributed by atoms with Gasteiger partial charge in [0.15, 0.2) is 17.5 Å². The van der Waals surface area contributed by atoms with Crippen LogP contribution >= 0.6 is 0 Å². The second-order valence-corrected chi connectivity index (χ2v) is 10.1. The number of benzene rings is 3. The third kappa shape index (κ3) is 7.60. The van der Waals surface area contributed by atoms with Crippen LogP contribution in [0, 0.1) is 19.8 Å². The minimum atomic E-state index is -0.251. The number of rotatable bonds is 12. The van der Waals surface area contributed by atoms with Crippen molar-refractivity contribution in [2.75, 3.05) is 13.2 Å². The van der Waals surface area contributed by atoms with Gasteiger partial charge in [-0.25, -0.2) is 15.0 Å². The summed E-state index contributed by atoms with van der Waals surface area (Å²) in [7, 11) is 0. The fraction of sp³-hybridized carbons (Fsp3) is 0.333. The zero-order valence-corrected chi connectivity index (χ0v) is 24.1. The highest BCUT2D eigenvalue weighted by molar-refractivity contribution is 5.75. The van der Waals surface area contributed by atoms with Crippen LogP contribution in [0.1, 0.15) is 50.7 Å². The molecule has 41 heavy (non-hydrogen) atoms. The quantitative estimate of drug-likeness (QED) is 0.141. The highest BCUT2D eigenvalue weighted by Gasteiger charge is 2.20. The summed E-state index contributed by atoms with van der Waals surface area (Å²) in [6.07, 6.45) is 3.55. The number of phenols is 2. The molecule has 1 aromatic heterocycles. The first-order valence-corrected chi connectivity index (χ1v) is 14.0. The first-order valence-electron chi connectivity index (χ1n) is 14.0. The fourth-order valence-corrected chi connectivity index (χ4v) is 4.41. The Morgan fingerprint density at radius 1 is 0.780 bits per heavy atom. The summed E-state index contributed by atoms with van der Waals surface area (Å²) >= 11 is 0. The molecule has 0 bridgehead atoms. The minimum Gasteiger partial charge on any atom is -0.507 e. The van der Waals surface area contributed by atoms with Crippen LogP contribution in [0.25, 0.3) is 34.2 Å². The van der Waals surface area contributed by atoms with E-state index < -0.39 is 0 Å². The molecule has 0 radical (unpaired) electrons. The molecule has 0 spiro atoms. The zero-order valence-electron chi connectivity index (χ0n) is 24.1. The molecule has 0 fully saturated rings. The van der Waals surface area contributed by atoms with E-state index >= 15 is 0 Å². The summed E-state index contributed by atoms with van der Waals surface area (Å²) in [6, 6.07) is 18.3. The number of carbonyl (C=O) groups excluding carboxylic acids is 1. The molecule has 0 aliphatic carbocycles. The molecule has 4 aromatic rings. The number of unbranched alkanes of at least 4 members (excludes halogenated alkanes) is 1. The average Bonchev–Trinajstić information content (AvgIpc) is 2.96. The lowest BCUT2D eigenvalue weighted by Gasteiger charge is -2.15. The monoisotopic (exact) mass is 555 g/mol. The van der Waals surface area contributed by atoms with Crippen LogP contribution in [0.5, 0.6) is 17.2 Å². The summed E-state index contributed by atoms with van der Waals surface area (Å²) in [4.78, 5) is 26.2. The molecule has 0 saturated carbocycles. The van der Waals surface area contributed by atoms with Crippen molar-refractivity contribution in [1.29, 1.82) is 0 Å². The number of aromatic hydroxyl groups is 2. The van der Waals surface area contributed by atoms with E-state index in [1.807, 2.05) is 69.3 Å². The van der Waals surface area contributed by atoms with Crippen LogP contribution in [0.3, 0.4) is 0 Å². The molecule has 214 valence electrons. The van der Waals surface area contributed by atoms with Crippen molar-refractivity contribution in [2.24, 2.45) is 5.92 Å². The summed E-state index contributed by atoms with van der Waals surface area (Å²) in [5, 5.41) is 21.9. The Kier molecular flexibility index (Phi) is 9.90. The normalized spacial score (nSPS) is 11.7. The van der Waals surface area contributed by atoms with Gasteiger partial charge in [0.05, 0.1) is 5.92 Å². The van der Waals surface area contributed by atoms with Gasteiger partial charge in [0.2, 0.25) is 0 Å². The number of nitrogens with zero attached hydrogens (tertiary/aromatic N) is 3. The maximum Gasteiger partial charge on any atom is 0.309 e. The molecule has 3 aromatic carbocycles. The fourth-order valence-electron chi connectivity index (χ4n) is 4.41. The maximum absolute atomic E-state index is 12.3. The molecule has 1 heterocycles. The molecule has 1 unspecified atom stereocenters. The highest BCUT2D eigenvalue weighted by Crippen LogP contribution is 2.40. The second-order valence-electron chi connectivity index (χ2n) is 10.1. The number of aryl methyl sites for hydroxylation is 2. The molecular formula is C33H37N3O5. The molecule has 2 N–H and O–H groups in total. The lowest BCUT2D eigenvalue weighted by Crippen LogP contribution is -2.20. The largest absolute Gasteiger partial charge is 0.507 e. The van der Waals surface area contributed by atoms with E-state index in [4.69, 9.17) is 9.47 Å². The topological polar surface area (TPSA) is 115 Å². The van der Waals surface area contributed by atoms with Gasteiger partial charge >= 0.3 is 5.97 Å². The van der Waals surface area contributed by atoms with E-state index in [9.17, 15) is 15.0 Å². The Balaban J connectivity index is 1.57. The first kappa shape index (κ1) is 29.5. The van der Waals surface area contributed by atoms with Crippen LogP contribution in [0.15, 0.2) is 60.7 Å². The van der Waals surface area contributed by atoms with Crippen molar-refractivity contribution in [1.82, 2.24) is 15.0 Å². The SMILES string of the molecule is CCCCC(CC)C(=O)OCCOc1cc(O)c(-c2nc(-c3ccc(C)cc3)nc(-c3ccc(C)cc3)n2)c(O)c1. The van der Waals surface area contributed by atoms with E-state index in [-0.39, 0.29) is 53.7 Å². The van der Waals surface area contributed by atoms with Crippen LogP contribution in [-0.4, -0.2) is 44.3 Å². The van der Waals surface area contributed by atoms with E-state index in [2.05, 4.69) is 21.9 Å². The third-order valence-corrected chi connectivity index (χ3v) is 6.88. The summed E-state index contributed by atoms with van der Waals surface area (Å²) in [6.45, 7) is 8.21. The van der Waals surface area contributed by atoms with Gasteiger partial charge < -0.3 is 19.7 Å². The molecule has 0 amide bonds. The van der Waals surface area contributed by atoms with Gasteiger partial charge in [0.25, 0.3) is 0 Å². The summed E-state index contributed by atoms with van der Waals surface area (Å²) < 4.78 is 11.0. The highest BCUT2D eigenvalue weighted by atomic mass is 16.6. The Labute approximate surface area is 241 Å². The average molecular weight is 556 g/mol. The Morgan fingerprint density at radius 3 is 1.78 bits per heavy atom. The smallest absolute Gasteiger partial charge is 0.309 e. The number of hydrogen-bond acceptors (Lipinski definition) is 8. The summed E-state index contributed by atoms with van der Waals surface area (Å²) in [5.41, 5.74) is 3.82. The molecular weight excluding hydrogens is 518 g/mol. The molecule has 8 nitrogen and oxygen atoms in total. The molecule has 0 aliphatic rings. The van der Waals surface area contributed by atoms with Gasteiger partial charge in [-0.15, -0.1) is 0 Å². The predicted molar refractivity (Wildman–Crippen MR) is 159 cm³/mol. The molecule has 1 atom stereocenters. The van der Waals surface area contributed by atoms with Crippen LogP contribution in [0.2, 0.25) is 0 Å². The predicted octanol–water partition coefficient (Wildman–Crippen LogP) is 7.04. The zero-order chi connectivity index (χ0) is 29.4. The lowest BCUT2D eigenvalue weighted by molar-refractivity contribution is -0.149. The van der Waals surface area contributed by atoms with Gasteiger partial charge in [0, 0.05) is 23.3 Å². The number of hydrogen-bond donors (Lipinski definition) is 2. The van der Waals surface area contributed by atoms with Crippen LogP contribution in [0.4, 0.5) is 0 Å². The van der Waals surface area contributed by atoms with Gasteiger partial charge in [-0.1, -0.05) is 86.3 Å². The van der Waals surface area contributed by atoms with E-state index in [0.29, 0.717) is 11.6 Å². The molecule has 4 rings (SSSR count). The number of ether oxygens (including phenoxy) is 2. The lowest BCUT2D eigenvalue weighted by atomic mass is 10.00. The van der Waals surface area contributed by atoms with Crippen molar-refractivity contribution in [2.45, 2.75) is 53.4 Å². The van der Waals surface area contributed by atoms with Crippen molar-refractivity contribution in [3.63, 3.8) is 0 Å². The van der Waals surface area contributed by atoms with Crippen molar-refractivity contribution < 1.29 is 24.5 Å². The minimum absolute atomic E-state index is 0.0645. The van der Waals surface area contributed by atoms with Gasteiger partial charge in [-0.2, -0.15) is 0 Å². The Hall–Kier alpha value is -4.46.